The van der Waals surface area contributed by atoms with Crippen LogP contribution in [0.4, 0.5) is 5.69 Å². The number of methoxy groups -OCH3 is 1. The Balaban J connectivity index is 1.64. The Morgan fingerprint density at radius 1 is 1.30 bits per heavy atom. The SMILES string of the molecule is COC(=O)COc1c(C=NN2C(=O)C3C4C=CC(C4)C3C2=O)cc(Br)cc1[N+](=O)[O-]. The van der Waals surface area contributed by atoms with Gasteiger partial charge in [0.2, 0.25) is 5.75 Å². The topological polar surface area (TPSA) is 128 Å². The number of nitro groups is 1. The summed E-state index contributed by atoms with van der Waals surface area (Å²) in [4.78, 5) is 47.7. The molecule has 11 heteroatoms. The molecule has 1 aromatic rings. The zero-order valence-corrected chi connectivity index (χ0v) is 17.3. The molecular formula is C19H16BrN3O7. The molecule has 4 atom stereocenters. The van der Waals surface area contributed by atoms with Crippen molar-refractivity contribution in [2.24, 2.45) is 28.8 Å². The molecule has 2 bridgehead atoms. The van der Waals surface area contributed by atoms with E-state index in [0.29, 0.717) is 4.47 Å². The van der Waals surface area contributed by atoms with Crippen molar-refractivity contribution in [3.05, 3.63) is 44.4 Å². The summed E-state index contributed by atoms with van der Waals surface area (Å²) < 4.78 is 10.2. The minimum absolute atomic E-state index is 0.0440. The first kappa shape index (κ1) is 20.2. The molecule has 1 aliphatic heterocycles. The van der Waals surface area contributed by atoms with Gasteiger partial charge in [0.1, 0.15) is 0 Å². The molecule has 2 fully saturated rings. The third-order valence-corrected chi connectivity index (χ3v) is 6.04. The quantitative estimate of drug-likeness (QED) is 0.153. The number of nitro benzene ring substituents is 1. The molecular weight excluding hydrogens is 462 g/mol. The molecule has 156 valence electrons. The maximum atomic E-state index is 12.7. The third kappa shape index (κ3) is 3.28. The van der Waals surface area contributed by atoms with E-state index < -0.39 is 35.0 Å². The van der Waals surface area contributed by atoms with Crippen LogP contribution in [-0.4, -0.2) is 47.6 Å². The van der Waals surface area contributed by atoms with Gasteiger partial charge in [0.15, 0.2) is 6.61 Å². The van der Waals surface area contributed by atoms with E-state index in [9.17, 15) is 24.5 Å². The number of hydrogen-bond donors (Lipinski definition) is 0. The smallest absolute Gasteiger partial charge is 0.343 e. The van der Waals surface area contributed by atoms with E-state index in [-0.39, 0.29) is 35.0 Å². The fourth-order valence-corrected chi connectivity index (χ4v) is 4.76. The van der Waals surface area contributed by atoms with Gasteiger partial charge in [0, 0.05) is 16.1 Å². The van der Waals surface area contributed by atoms with Crippen molar-refractivity contribution < 1.29 is 28.8 Å². The number of benzene rings is 1. The van der Waals surface area contributed by atoms with Gasteiger partial charge >= 0.3 is 11.7 Å². The molecule has 1 saturated carbocycles. The number of imide groups is 1. The molecule has 2 amide bonds. The second kappa shape index (κ2) is 7.63. The fourth-order valence-electron chi connectivity index (χ4n) is 4.30. The van der Waals surface area contributed by atoms with Crippen LogP contribution >= 0.6 is 15.9 Å². The van der Waals surface area contributed by atoms with Gasteiger partial charge in [-0.25, -0.2) is 4.79 Å². The molecule has 30 heavy (non-hydrogen) atoms. The van der Waals surface area contributed by atoms with Crippen molar-refractivity contribution in [1.29, 1.82) is 0 Å². The lowest BCUT2D eigenvalue weighted by Gasteiger charge is -2.13. The Bertz CT molecular complexity index is 992. The summed E-state index contributed by atoms with van der Waals surface area (Å²) >= 11 is 3.18. The van der Waals surface area contributed by atoms with Crippen LogP contribution in [0.1, 0.15) is 12.0 Å². The molecule has 10 nitrogen and oxygen atoms in total. The number of ether oxygens (including phenoxy) is 2. The summed E-state index contributed by atoms with van der Waals surface area (Å²) in [5.41, 5.74) is -0.286. The number of amides is 2. The van der Waals surface area contributed by atoms with Crippen molar-refractivity contribution in [2.75, 3.05) is 13.7 Å². The Morgan fingerprint density at radius 2 is 1.93 bits per heavy atom. The van der Waals surface area contributed by atoms with Gasteiger partial charge in [0.25, 0.3) is 11.8 Å². The zero-order valence-electron chi connectivity index (χ0n) is 15.7. The zero-order chi connectivity index (χ0) is 21.6. The van der Waals surface area contributed by atoms with E-state index in [2.05, 4.69) is 25.8 Å². The predicted molar refractivity (Wildman–Crippen MR) is 105 cm³/mol. The maximum absolute atomic E-state index is 12.7. The number of carbonyl (C=O) groups excluding carboxylic acids is 3. The summed E-state index contributed by atoms with van der Waals surface area (Å²) in [5, 5.41) is 16.3. The van der Waals surface area contributed by atoms with Crippen molar-refractivity contribution in [2.45, 2.75) is 6.42 Å². The molecule has 4 unspecified atom stereocenters. The van der Waals surface area contributed by atoms with Crippen LogP contribution in [0.25, 0.3) is 0 Å². The van der Waals surface area contributed by atoms with Crippen molar-refractivity contribution >= 4 is 45.6 Å². The van der Waals surface area contributed by atoms with Crippen LogP contribution in [0.2, 0.25) is 0 Å². The van der Waals surface area contributed by atoms with Gasteiger partial charge in [-0.15, -0.1) is 0 Å². The molecule has 0 N–H and O–H groups in total. The van der Waals surface area contributed by atoms with E-state index in [1.54, 1.807) is 0 Å². The number of carbonyl (C=O) groups is 3. The van der Waals surface area contributed by atoms with Crippen LogP contribution in [0.5, 0.6) is 5.75 Å². The highest BCUT2D eigenvalue weighted by Crippen LogP contribution is 2.52. The van der Waals surface area contributed by atoms with Crippen molar-refractivity contribution in [3.63, 3.8) is 0 Å². The van der Waals surface area contributed by atoms with Gasteiger partial charge in [-0.05, 0) is 24.3 Å². The lowest BCUT2D eigenvalue weighted by molar-refractivity contribution is -0.385. The van der Waals surface area contributed by atoms with Crippen molar-refractivity contribution in [3.8, 4) is 5.75 Å². The van der Waals surface area contributed by atoms with Gasteiger partial charge in [-0.1, -0.05) is 28.1 Å². The molecule has 1 saturated heterocycles. The van der Waals surface area contributed by atoms with Gasteiger partial charge in [-0.2, -0.15) is 10.1 Å². The first-order chi connectivity index (χ1) is 14.3. The Hall–Kier alpha value is -3.08. The van der Waals surface area contributed by atoms with Gasteiger partial charge in [-0.3, -0.25) is 19.7 Å². The minimum Gasteiger partial charge on any atom is -0.474 e. The molecule has 2 aliphatic carbocycles. The summed E-state index contributed by atoms with van der Waals surface area (Å²) in [6.45, 7) is -0.555. The van der Waals surface area contributed by atoms with Gasteiger partial charge in [0.05, 0.1) is 30.1 Å². The Kier molecular flexibility index (Phi) is 5.14. The lowest BCUT2D eigenvalue weighted by Crippen LogP contribution is -2.28. The second-order valence-electron chi connectivity index (χ2n) is 7.20. The monoisotopic (exact) mass is 477 g/mol. The highest BCUT2D eigenvalue weighted by atomic mass is 79.9. The first-order valence-corrected chi connectivity index (χ1v) is 9.88. The fraction of sp³-hybridized carbons (Fsp3) is 0.368. The average molecular weight is 478 g/mol. The normalized spacial score (nSPS) is 26.5. The molecule has 4 rings (SSSR count). The number of allylic oxidation sites excluding steroid dienone is 2. The Labute approximate surface area is 178 Å². The van der Waals surface area contributed by atoms with E-state index in [4.69, 9.17) is 4.74 Å². The molecule has 1 heterocycles. The van der Waals surface area contributed by atoms with E-state index in [0.717, 1.165) is 24.8 Å². The van der Waals surface area contributed by atoms with Crippen LogP contribution in [0.15, 0.2) is 33.9 Å². The second-order valence-corrected chi connectivity index (χ2v) is 8.11. The summed E-state index contributed by atoms with van der Waals surface area (Å²) in [7, 11) is 1.16. The number of hydrogen-bond acceptors (Lipinski definition) is 8. The van der Waals surface area contributed by atoms with Crippen LogP contribution in [-0.2, 0) is 19.1 Å². The molecule has 1 aromatic carbocycles. The van der Waals surface area contributed by atoms with E-state index in [1.165, 1.54) is 12.1 Å². The molecule has 3 aliphatic rings. The number of halogens is 1. The largest absolute Gasteiger partial charge is 0.474 e. The number of hydrazone groups is 1. The van der Waals surface area contributed by atoms with E-state index in [1.807, 2.05) is 12.2 Å². The summed E-state index contributed by atoms with van der Waals surface area (Å²) in [6.07, 6.45) is 5.89. The number of fused-ring (bicyclic) bond motifs is 5. The lowest BCUT2D eigenvalue weighted by atomic mass is 9.85. The molecule has 0 radical (unpaired) electrons. The van der Waals surface area contributed by atoms with Crippen LogP contribution in [0.3, 0.4) is 0 Å². The highest BCUT2D eigenvalue weighted by Gasteiger charge is 2.59. The number of nitrogens with zero attached hydrogens (tertiary/aromatic N) is 3. The third-order valence-electron chi connectivity index (χ3n) is 5.58. The highest BCUT2D eigenvalue weighted by molar-refractivity contribution is 9.10. The Morgan fingerprint density at radius 3 is 2.50 bits per heavy atom. The number of esters is 1. The molecule has 0 spiro atoms. The van der Waals surface area contributed by atoms with Crippen LogP contribution in [0, 0.1) is 33.8 Å². The number of rotatable bonds is 6. The predicted octanol–water partition coefficient (Wildman–Crippen LogP) is 2.05. The van der Waals surface area contributed by atoms with Gasteiger partial charge < -0.3 is 9.47 Å². The first-order valence-electron chi connectivity index (χ1n) is 9.09. The maximum Gasteiger partial charge on any atom is 0.343 e. The summed E-state index contributed by atoms with van der Waals surface area (Å²) in [6, 6.07) is 2.68. The molecule has 0 aromatic heterocycles. The average Bonchev–Trinajstić information content (AvgIpc) is 3.39. The van der Waals surface area contributed by atoms with E-state index >= 15 is 0 Å². The summed E-state index contributed by atoms with van der Waals surface area (Å²) in [5.74, 6) is -2.42. The standard InChI is InChI=1S/C19H16BrN3O7/c1-29-14(24)8-30-17-11(5-12(20)6-13(17)23(27)28)7-21-22-18(25)15-9-2-3-10(4-9)16(15)19(22)26/h2-3,5-7,9-10,15-16H,4,8H2,1H3. The van der Waals surface area contributed by atoms with Crippen molar-refractivity contribution in [1.82, 2.24) is 5.01 Å². The van der Waals surface area contributed by atoms with Crippen LogP contribution < -0.4 is 4.74 Å². The minimum atomic E-state index is -0.726.